The van der Waals surface area contributed by atoms with Crippen molar-refractivity contribution in [3.63, 3.8) is 0 Å². The molecule has 0 unspecified atom stereocenters. The minimum Gasteiger partial charge on any atom is -1.00 e. The first-order chi connectivity index (χ1) is 28.7. The SMILES string of the molecule is CCCCCCCC/C=C\CCCCCCCCOCC(COC(=O)CCCCCCCCCCCCC)(COC(=O)CCCCCCCCCCCCC)[N+](C)(C)C.[Cl-]. The van der Waals surface area contributed by atoms with Crippen molar-refractivity contribution in [2.75, 3.05) is 47.6 Å². The molecule has 0 saturated heterocycles. The van der Waals surface area contributed by atoms with E-state index < -0.39 is 5.54 Å². The second-order valence-corrected chi connectivity index (χ2v) is 19.1. The van der Waals surface area contributed by atoms with Gasteiger partial charge in [-0.1, -0.05) is 219 Å². The molecule has 0 spiro atoms. The summed E-state index contributed by atoms with van der Waals surface area (Å²) in [5, 5.41) is 0. The number of ether oxygens (including phenoxy) is 3. The van der Waals surface area contributed by atoms with Crippen LogP contribution in [0.25, 0.3) is 0 Å². The number of quaternary nitrogens is 1. The van der Waals surface area contributed by atoms with Gasteiger partial charge in [0, 0.05) is 19.4 Å². The molecule has 0 saturated carbocycles. The lowest BCUT2D eigenvalue weighted by molar-refractivity contribution is -0.925. The second-order valence-electron chi connectivity index (χ2n) is 19.1. The lowest BCUT2D eigenvalue weighted by Crippen LogP contribution is -3.00. The van der Waals surface area contributed by atoms with E-state index in [1.807, 2.05) is 0 Å². The van der Waals surface area contributed by atoms with Gasteiger partial charge in [0.2, 0.25) is 0 Å². The van der Waals surface area contributed by atoms with Gasteiger partial charge < -0.3 is 31.1 Å². The Morgan fingerprint density at radius 1 is 0.400 bits per heavy atom. The number of esters is 2. The van der Waals surface area contributed by atoms with E-state index in [2.05, 4.69) is 54.1 Å². The highest BCUT2D eigenvalue weighted by Crippen LogP contribution is 2.24. The molecule has 6 nitrogen and oxygen atoms in total. The fourth-order valence-corrected chi connectivity index (χ4v) is 7.86. The maximum Gasteiger partial charge on any atom is 0.306 e. The van der Waals surface area contributed by atoms with Crippen molar-refractivity contribution in [1.29, 1.82) is 0 Å². The van der Waals surface area contributed by atoms with E-state index >= 15 is 0 Å². The van der Waals surface area contributed by atoms with Gasteiger partial charge in [0.05, 0.1) is 21.1 Å². The second kappa shape index (κ2) is 45.9. The number of carbonyl (C=O) groups excluding carboxylic acids is 2. The molecule has 0 fully saturated rings. The van der Waals surface area contributed by atoms with Crippen LogP contribution in [-0.2, 0) is 23.8 Å². The topological polar surface area (TPSA) is 61.8 Å². The van der Waals surface area contributed by atoms with Crippen molar-refractivity contribution < 1.29 is 40.7 Å². The Labute approximate surface area is 381 Å². The summed E-state index contributed by atoms with van der Waals surface area (Å²) in [5.41, 5.74) is -0.665. The summed E-state index contributed by atoms with van der Waals surface area (Å²) < 4.78 is 18.8. The number of rotatable bonds is 47. The van der Waals surface area contributed by atoms with E-state index in [-0.39, 0.29) is 37.6 Å². The van der Waals surface area contributed by atoms with Crippen molar-refractivity contribution >= 4 is 11.9 Å². The number of allylic oxidation sites excluding steroid dienone is 2. The van der Waals surface area contributed by atoms with Crippen molar-refractivity contribution in [3.05, 3.63) is 12.2 Å². The van der Waals surface area contributed by atoms with Crippen LogP contribution in [0.3, 0.4) is 0 Å². The standard InChI is InChI=1S/C53H104NO5.ClH/c1-7-10-13-16-19-22-25-26-27-28-29-32-35-38-41-44-47-57-48-53(54(4,5)6,49-58-51(55)45-42-39-36-33-30-23-20-17-14-11-8-2)50-59-52(56)46-43-40-37-34-31-24-21-18-15-12-9-3;/h26-27H,7-25,28-50H2,1-6H3;1H/q+1;/p-1/b27-26-;. The number of hydrogen-bond acceptors (Lipinski definition) is 5. The van der Waals surface area contributed by atoms with Crippen LogP contribution in [0, 0.1) is 0 Å². The fourth-order valence-electron chi connectivity index (χ4n) is 7.86. The third-order valence-corrected chi connectivity index (χ3v) is 12.6. The van der Waals surface area contributed by atoms with Gasteiger partial charge in [-0.3, -0.25) is 9.59 Å². The number of carbonyl (C=O) groups is 2. The summed E-state index contributed by atoms with van der Waals surface area (Å²) in [4.78, 5) is 26.0. The van der Waals surface area contributed by atoms with E-state index in [9.17, 15) is 9.59 Å². The molecule has 0 amide bonds. The number of nitrogens with zero attached hydrogens (tertiary/aromatic N) is 1. The highest BCUT2D eigenvalue weighted by Gasteiger charge is 2.46. The smallest absolute Gasteiger partial charge is 0.306 e. The molecule has 0 aromatic carbocycles. The van der Waals surface area contributed by atoms with Crippen LogP contribution in [-0.4, -0.2) is 69.5 Å². The summed E-state index contributed by atoms with van der Waals surface area (Å²) in [6.07, 6.45) is 51.2. The summed E-state index contributed by atoms with van der Waals surface area (Å²) in [6, 6.07) is 0. The van der Waals surface area contributed by atoms with E-state index in [0.29, 0.717) is 30.5 Å². The first-order valence-corrected chi connectivity index (χ1v) is 26.1. The Hall–Kier alpha value is -1.11. The van der Waals surface area contributed by atoms with Crippen LogP contribution in [0.1, 0.15) is 265 Å². The monoisotopic (exact) mass is 870 g/mol. The molecule has 0 bridgehead atoms. The van der Waals surface area contributed by atoms with Gasteiger partial charge in [0.1, 0.15) is 6.61 Å². The number of unbranched alkanes of at least 4 members (excludes halogenated alkanes) is 32. The molecule has 0 aromatic rings. The summed E-state index contributed by atoms with van der Waals surface area (Å²) >= 11 is 0. The Kier molecular flexibility index (Phi) is 46.6. The first-order valence-electron chi connectivity index (χ1n) is 26.1. The number of halogens is 1. The predicted octanol–water partition coefficient (Wildman–Crippen LogP) is 13.0. The molecule has 0 radical (unpaired) electrons. The Balaban J connectivity index is 0. The molecule has 0 heterocycles. The lowest BCUT2D eigenvalue weighted by atomic mass is 9.98. The lowest BCUT2D eigenvalue weighted by Gasteiger charge is -2.44. The molecule has 7 heteroatoms. The Bertz CT molecular complexity index is 893. The summed E-state index contributed by atoms with van der Waals surface area (Å²) in [6.45, 7) is 8.25. The number of likely N-dealkylation sites (N-methyl/N-ethyl adjacent to an activating group) is 1. The maximum absolute atomic E-state index is 13.0. The molecular weight excluding hydrogens is 766 g/mol. The van der Waals surface area contributed by atoms with E-state index in [4.69, 9.17) is 14.2 Å². The van der Waals surface area contributed by atoms with E-state index in [1.165, 1.54) is 193 Å². The van der Waals surface area contributed by atoms with Crippen LogP contribution in [0.5, 0.6) is 0 Å². The maximum atomic E-state index is 13.0. The van der Waals surface area contributed by atoms with Gasteiger partial charge in [-0.05, 0) is 44.9 Å². The zero-order valence-electron chi connectivity index (χ0n) is 41.2. The van der Waals surface area contributed by atoms with Gasteiger partial charge >= 0.3 is 11.9 Å². The third kappa shape index (κ3) is 39.7. The van der Waals surface area contributed by atoms with Gasteiger partial charge in [0.15, 0.2) is 18.8 Å². The van der Waals surface area contributed by atoms with Crippen molar-refractivity contribution in [2.45, 2.75) is 270 Å². The van der Waals surface area contributed by atoms with Crippen molar-refractivity contribution in [1.82, 2.24) is 0 Å². The quantitative estimate of drug-likeness (QED) is 0.0264. The fraction of sp³-hybridized carbons (Fsp3) is 0.925. The Morgan fingerprint density at radius 2 is 0.683 bits per heavy atom. The molecule has 0 aliphatic heterocycles. The molecule has 0 atom stereocenters. The van der Waals surface area contributed by atoms with Crippen molar-refractivity contribution in [2.24, 2.45) is 0 Å². The predicted molar refractivity (Wildman–Crippen MR) is 255 cm³/mol. The zero-order chi connectivity index (χ0) is 43.4. The third-order valence-electron chi connectivity index (χ3n) is 12.6. The summed E-state index contributed by atoms with van der Waals surface area (Å²) in [7, 11) is 6.30. The molecule has 60 heavy (non-hydrogen) atoms. The molecular formula is C53H104ClNO5. The van der Waals surface area contributed by atoms with E-state index in [0.717, 1.165) is 38.5 Å². The minimum atomic E-state index is -0.665. The van der Waals surface area contributed by atoms with Crippen LogP contribution < -0.4 is 12.4 Å². The number of hydrogen-bond donors (Lipinski definition) is 0. The molecule has 0 aromatic heterocycles. The molecule has 0 N–H and O–H groups in total. The highest BCUT2D eigenvalue weighted by atomic mass is 35.5. The zero-order valence-corrected chi connectivity index (χ0v) is 42.0. The van der Waals surface area contributed by atoms with Gasteiger partial charge in [-0.15, -0.1) is 0 Å². The molecule has 0 aliphatic carbocycles. The average molecular weight is 871 g/mol. The van der Waals surface area contributed by atoms with Crippen LogP contribution in [0.2, 0.25) is 0 Å². The highest BCUT2D eigenvalue weighted by molar-refractivity contribution is 5.70. The molecule has 0 aliphatic rings. The first kappa shape index (κ1) is 61.0. The summed E-state index contributed by atoms with van der Waals surface area (Å²) in [5.74, 6) is -0.307. The van der Waals surface area contributed by atoms with Gasteiger partial charge in [0.25, 0.3) is 0 Å². The largest absolute Gasteiger partial charge is 1.00 e. The van der Waals surface area contributed by atoms with E-state index in [1.54, 1.807) is 0 Å². The average Bonchev–Trinajstić information content (AvgIpc) is 3.21. The van der Waals surface area contributed by atoms with Crippen LogP contribution in [0.4, 0.5) is 0 Å². The van der Waals surface area contributed by atoms with Crippen LogP contribution in [0.15, 0.2) is 12.2 Å². The van der Waals surface area contributed by atoms with Crippen molar-refractivity contribution in [3.8, 4) is 0 Å². The molecule has 0 rings (SSSR count). The minimum absolute atomic E-state index is 0. The van der Waals surface area contributed by atoms with Crippen LogP contribution >= 0.6 is 0 Å². The van der Waals surface area contributed by atoms with Gasteiger partial charge in [-0.25, -0.2) is 0 Å². The Morgan fingerprint density at radius 3 is 1.00 bits per heavy atom. The normalized spacial score (nSPS) is 12.0. The molecule has 358 valence electrons. The van der Waals surface area contributed by atoms with Gasteiger partial charge in [-0.2, -0.15) is 0 Å².